The van der Waals surface area contributed by atoms with Crippen LogP contribution in [0.5, 0.6) is 0 Å². The molecule has 2 aromatic heterocycles. The number of anilines is 1. The molecule has 2 aromatic rings. The number of carbonyl (C=O) groups excluding carboxylic acids is 1. The van der Waals surface area contributed by atoms with Crippen molar-refractivity contribution < 1.29 is 9.90 Å². The van der Waals surface area contributed by atoms with E-state index in [-0.39, 0.29) is 5.91 Å². The molecule has 3 rings (SSSR count). The molecule has 1 saturated heterocycles. The van der Waals surface area contributed by atoms with E-state index in [0.717, 1.165) is 12.1 Å². The largest absolute Gasteiger partial charge is 0.383 e. The number of hydrogen-bond donors (Lipinski definition) is 2. The topological polar surface area (TPSA) is 91.2 Å². The first-order valence-electron chi connectivity index (χ1n) is 8.52. The lowest BCUT2D eigenvalue weighted by Crippen LogP contribution is -2.45. The van der Waals surface area contributed by atoms with Crippen LogP contribution in [0.1, 0.15) is 41.4 Å². The van der Waals surface area contributed by atoms with Gasteiger partial charge in [-0.15, -0.1) is 0 Å². The second kappa shape index (κ2) is 7.14. The second-order valence-corrected chi connectivity index (χ2v) is 6.37. The highest BCUT2D eigenvalue weighted by molar-refractivity contribution is 5.93. The number of piperidine rings is 1. The molecule has 0 aromatic carbocycles. The molecule has 0 aliphatic carbocycles. The first kappa shape index (κ1) is 17.3. The van der Waals surface area contributed by atoms with Gasteiger partial charge in [0.25, 0.3) is 5.91 Å². The highest BCUT2D eigenvalue weighted by Gasteiger charge is 2.36. The lowest BCUT2D eigenvalue weighted by Gasteiger charge is -2.37. The fourth-order valence-corrected chi connectivity index (χ4v) is 2.95. The Balaban J connectivity index is 1.65. The van der Waals surface area contributed by atoms with Crippen molar-refractivity contribution in [1.82, 2.24) is 19.9 Å². The number of aryl methyl sites for hydroxylation is 1. The van der Waals surface area contributed by atoms with Crippen molar-refractivity contribution in [3.05, 3.63) is 47.5 Å². The third-order valence-electron chi connectivity index (χ3n) is 4.50. The van der Waals surface area contributed by atoms with E-state index >= 15 is 0 Å². The highest BCUT2D eigenvalue weighted by atomic mass is 16.3. The fourth-order valence-electron chi connectivity index (χ4n) is 2.95. The Hall–Kier alpha value is -2.54. The summed E-state index contributed by atoms with van der Waals surface area (Å²) in [6.45, 7) is 5.59. The number of hydrogen-bond acceptors (Lipinski definition) is 6. The van der Waals surface area contributed by atoms with Gasteiger partial charge in [-0.25, -0.2) is 9.97 Å². The molecule has 1 aliphatic rings. The van der Waals surface area contributed by atoms with E-state index in [1.165, 1.54) is 12.4 Å². The molecule has 2 N–H and O–H groups in total. The van der Waals surface area contributed by atoms with E-state index in [2.05, 4.69) is 20.3 Å². The Morgan fingerprint density at radius 1 is 1.20 bits per heavy atom. The number of amides is 1. The second-order valence-electron chi connectivity index (χ2n) is 6.37. The predicted molar refractivity (Wildman–Crippen MR) is 94.2 cm³/mol. The van der Waals surface area contributed by atoms with Crippen molar-refractivity contribution in [3.8, 4) is 0 Å². The van der Waals surface area contributed by atoms with Crippen LogP contribution in [0.25, 0.3) is 0 Å². The third kappa shape index (κ3) is 3.76. The predicted octanol–water partition coefficient (Wildman–Crippen LogP) is 1.74. The van der Waals surface area contributed by atoms with Crippen LogP contribution < -0.4 is 5.32 Å². The van der Waals surface area contributed by atoms with Gasteiger partial charge >= 0.3 is 0 Å². The van der Waals surface area contributed by atoms with Gasteiger partial charge in [0.15, 0.2) is 0 Å². The van der Waals surface area contributed by atoms with E-state index in [4.69, 9.17) is 0 Å². The van der Waals surface area contributed by atoms with Gasteiger partial charge in [-0.3, -0.25) is 9.78 Å². The van der Waals surface area contributed by atoms with Crippen LogP contribution in [0.2, 0.25) is 0 Å². The number of nitrogens with one attached hydrogen (secondary N) is 1. The third-order valence-corrected chi connectivity index (χ3v) is 4.50. The molecule has 0 bridgehead atoms. The molecular formula is C18H23N5O2. The Kier molecular flexibility index (Phi) is 4.94. The van der Waals surface area contributed by atoms with Crippen molar-refractivity contribution in [3.63, 3.8) is 0 Å². The number of aliphatic hydroxyl groups is 1. The van der Waals surface area contributed by atoms with Crippen LogP contribution in [0.4, 0.5) is 5.95 Å². The van der Waals surface area contributed by atoms with Crippen LogP contribution in [0, 0.1) is 6.92 Å². The summed E-state index contributed by atoms with van der Waals surface area (Å²) < 4.78 is 0. The number of aromatic nitrogens is 3. The molecule has 1 amide bonds. The van der Waals surface area contributed by atoms with Gasteiger partial charge < -0.3 is 15.3 Å². The van der Waals surface area contributed by atoms with Crippen molar-refractivity contribution in [1.29, 1.82) is 0 Å². The van der Waals surface area contributed by atoms with Gasteiger partial charge in [0.2, 0.25) is 5.95 Å². The van der Waals surface area contributed by atoms with Crippen LogP contribution in [0.3, 0.4) is 0 Å². The quantitative estimate of drug-likeness (QED) is 0.880. The molecule has 1 fully saturated rings. The number of pyridine rings is 1. The number of nitrogens with zero attached hydrogens (tertiary/aromatic N) is 4. The molecule has 132 valence electrons. The average molecular weight is 341 g/mol. The molecule has 3 heterocycles. The molecule has 7 nitrogen and oxygen atoms in total. The zero-order chi connectivity index (χ0) is 17.9. The van der Waals surface area contributed by atoms with Crippen LogP contribution >= 0.6 is 0 Å². The molecule has 0 spiro atoms. The summed E-state index contributed by atoms with van der Waals surface area (Å²) in [6, 6.07) is 3.81. The van der Waals surface area contributed by atoms with Crippen molar-refractivity contribution in [2.75, 3.05) is 25.0 Å². The lowest BCUT2D eigenvalue weighted by atomic mass is 9.87. The maximum absolute atomic E-state index is 12.6. The van der Waals surface area contributed by atoms with E-state index < -0.39 is 5.60 Å². The smallest absolute Gasteiger partial charge is 0.256 e. The van der Waals surface area contributed by atoms with Gasteiger partial charge in [0, 0.05) is 38.2 Å². The standard InChI is InChI=1S/C18H23N5O2/c1-3-19-17-21-11-14(12-22-17)16(24)23-8-6-18(25,7-9-23)15-5-4-13(2)10-20-15/h4-5,10-12,25H,3,6-9H2,1-2H3,(H,19,21,22). The Morgan fingerprint density at radius 2 is 1.88 bits per heavy atom. The minimum atomic E-state index is -0.976. The van der Waals surface area contributed by atoms with Crippen LogP contribution in [-0.4, -0.2) is 50.5 Å². The Labute approximate surface area is 147 Å². The maximum Gasteiger partial charge on any atom is 0.256 e. The van der Waals surface area contributed by atoms with Crippen molar-refractivity contribution in [2.45, 2.75) is 32.3 Å². The monoisotopic (exact) mass is 341 g/mol. The van der Waals surface area contributed by atoms with Gasteiger partial charge in [0.05, 0.1) is 11.3 Å². The molecule has 0 saturated carbocycles. The van der Waals surface area contributed by atoms with E-state index in [0.29, 0.717) is 43.1 Å². The summed E-state index contributed by atoms with van der Waals surface area (Å²) in [4.78, 5) is 26.9. The van der Waals surface area contributed by atoms with Crippen LogP contribution in [-0.2, 0) is 5.60 Å². The van der Waals surface area contributed by atoms with Gasteiger partial charge in [-0.05, 0) is 38.3 Å². The van der Waals surface area contributed by atoms with Gasteiger partial charge in [-0.2, -0.15) is 0 Å². The summed E-state index contributed by atoms with van der Waals surface area (Å²) in [5.41, 5.74) is 1.21. The maximum atomic E-state index is 12.6. The Bertz CT molecular complexity index is 722. The summed E-state index contributed by atoms with van der Waals surface area (Å²) in [7, 11) is 0. The minimum Gasteiger partial charge on any atom is -0.383 e. The lowest BCUT2D eigenvalue weighted by molar-refractivity contribution is -0.0244. The normalized spacial score (nSPS) is 16.5. The van der Waals surface area contributed by atoms with E-state index in [1.54, 1.807) is 11.1 Å². The fraction of sp³-hybridized carbons (Fsp3) is 0.444. The molecule has 7 heteroatoms. The van der Waals surface area contributed by atoms with Crippen LogP contribution in [0.15, 0.2) is 30.7 Å². The summed E-state index contributed by atoms with van der Waals surface area (Å²) in [5, 5.41) is 13.9. The Morgan fingerprint density at radius 3 is 2.44 bits per heavy atom. The summed E-state index contributed by atoms with van der Waals surface area (Å²) >= 11 is 0. The van der Waals surface area contributed by atoms with Crippen molar-refractivity contribution in [2.24, 2.45) is 0 Å². The highest BCUT2D eigenvalue weighted by Crippen LogP contribution is 2.32. The molecule has 1 aliphatic heterocycles. The molecule has 0 atom stereocenters. The summed E-state index contributed by atoms with van der Waals surface area (Å²) in [5.74, 6) is 0.402. The number of likely N-dealkylation sites (tertiary alicyclic amines) is 1. The van der Waals surface area contributed by atoms with E-state index in [9.17, 15) is 9.90 Å². The molecule has 25 heavy (non-hydrogen) atoms. The number of rotatable bonds is 4. The summed E-state index contributed by atoms with van der Waals surface area (Å²) in [6.07, 6.45) is 5.76. The molecular weight excluding hydrogens is 318 g/mol. The first-order chi connectivity index (χ1) is 12.0. The van der Waals surface area contributed by atoms with E-state index in [1.807, 2.05) is 26.0 Å². The van der Waals surface area contributed by atoms with Crippen molar-refractivity contribution >= 4 is 11.9 Å². The number of carbonyl (C=O) groups is 1. The molecule has 0 radical (unpaired) electrons. The minimum absolute atomic E-state index is 0.109. The van der Waals surface area contributed by atoms with Gasteiger partial charge in [0.1, 0.15) is 5.60 Å². The SMILES string of the molecule is CCNc1ncc(C(=O)N2CCC(O)(c3ccc(C)cn3)CC2)cn1. The zero-order valence-corrected chi connectivity index (χ0v) is 14.6. The zero-order valence-electron chi connectivity index (χ0n) is 14.6. The first-order valence-corrected chi connectivity index (χ1v) is 8.52. The van der Waals surface area contributed by atoms with Gasteiger partial charge in [-0.1, -0.05) is 6.07 Å². The molecule has 0 unspecified atom stereocenters. The average Bonchev–Trinajstić information content (AvgIpc) is 2.63.